The Morgan fingerprint density at radius 1 is 1.25 bits per heavy atom. The van der Waals surface area contributed by atoms with Crippen molar-refractivity contribution in [1.82, 2.24) is 0 Å². The van der Waals surface area contributed by atoms with Gasteiger partial charge in [0.15, 0.2) is 22.5 Å². The lowest BCUT2D eigenvalue weighted by Gasteiger charge is -2.09. The summed E-state index contributed by atoms with van der Waals surface area (Å²) in [5.74, 6) is 0.581. The van der Waals surface area contributed by atoms with Crippen molar-refractivity contribution in [2.75, 3.05) is 7.11 Å². The van der Waals surface area contributed by atoms with Crippen LogP contribution in [0.15, 0.2) is 51.7 Å². The van der Waals surface area contributed by atoms with Crippen LogP contribution in [-0.4, -0.2) is 12.9 Å². The predicted molar refractivity (Wildman–Crippen MR) is 101 cm³/mol. The summed E-state index contributed by atoms with van der Waals surface area (Å²) in [4.78, 5) is 24.7. The van der Waals surface area contributed by atoms with E-state index < -0.39 is 0 Å². The molecular formula is C18H12ClIO4. The van der Waals surface area contributed by atoms with Gasteiger partial charge in [0.25, 0.3) is 0 Å². The Kier molecular flexibility index (Phi) is 4.91. The number of ketones is 1. The molecule has 0 unspecified atom stereocenters. The minimum Gasteiger partial charge on any atom is -0.494 e. The normalized spacial score (nSPS) is 10.8. The number of hydrogen-bond donors (Lipinski definition) is 0. The Hall–Kier alpha value is -1.86. The summed E-state index contributed by atoms with van der Waals surface area (Å²) in [6.07, 6.45) is -0.0141. The Balaban J connectivity index is 2.07. The molecular weight excluding hydrogens is 443 g/mol. The minimum absolute atomic E-state index is 0.0141. The van der Waals surface area contributed by atoms with Gasteiger partial charge in [-0.25, -0.2) is 0 Å². The van der Waals surface area contributed by atoms with E-state index in [4.69, 9.17) is 20.8 Å². The second kappa shape index (κ2) is 6.94. The minimum atomic E-state index is -0.241. The molecule has 1 heterocycles. The fraction of sp³-hybridized carbons (Fsp3) is 0.111. The number of carbonyl (C=O) groups is 1. The molecule has 0 saturated carbocycles. The zero-order chi connectivity index (χ0) is 17.3. The van der Waals surface area contributed by atoms with Gasteiger partial charge in [0, 0.05) is 11.6 Å². The van der Waals surface area contributed by atoms with E-state index in [9.17, 15) is 9.59 Å². The van der Waals surface area contributed by atoms with Gasteiger partial charge in [0.05, 0.1) is 22.5 Å². The highest BCUT2D eigenvalue weighted by Crippen LogP contribution is 2.36. The predicted octanol–water partition coefficient (Wildman–Crippen LogP) is 4.49. The molecule has 122 valence electrons. The van der Waals surface area contributed by atoms with Gasteiger partial charge in [-0.2, -0.15) is 0 Å². The zero-order valence-corrected chi connectivity index (χ0v) is 15.6. The van der Waals surface area contributed by atoms with E-state index in [0.717, 1.165) is 0 Å². The molecule has 6 heteroatoms. The average Bonchev–Trinajstić information content (AvgIpc) is 2.57. The van der Waals surface area contributed by atoms with E-state index >= 15 is 0 Å². The molecule has 24 heavy (non-hydrogen) atoms. The van der Waals surface area contributed by atoms with E-state index in [-0.39, 0.29) is 34.0 Å². The summed E-state index contributed by atoms with van der Waals surface area (Å²) in [5.41, 5.74) is 0.554. The molecule has 0 atom stereocenters. The number of hydrogen-bond acceptors (Lipinski definition) is 4. The maximum Gasteiger partial charge on any atom is 0.193 e. The van der Waals surface area contributed by atoms with Crippen LogP contribution < -0.4 is 10.2 Å². The fourth-order valence-corrected chi connectivity index (χ4v) is 3.69. The molecule has 3 aromatic rings. The van der Waals surface area contributed by atoms with Crippen LogP contribution in [0.3, 0.4) is 0 Å². The van der Waals surface area contributed by atoms with E-state index in [2.05, 4.69) is 0 Å². The van der Waals surface area contributed by atoms with Crippen molar-refractivity contribution in [3.05, 3.63) is 72.6 Å². The van der Waals surface area contributed by atoms with Crippen molar-refractivity contribution in [3.63, 3.8) is 0 Å². The zero-order valence-electron chi connectivity index (χ0n) is 12.6. The maximum atomic E-state index is 12.3. The Morgan fingerprint density at radius 3 is 2.62 bits per heavy atom. The molecule has 0 aliphatic heterocycles. The standard InChI is InChI=1S/C18H12ClIO4/c1-23-18-13(20)9-12-15(22)8-11(24-17(12)16(18)19)7-14(21)10-5-3-2-4-6-10/h2-6,8-9H,7H2,1H3. The van der Waals surface area contributed by atoms with Crippen LogP contribution >= 0.6 is 34.2 Å². The molecule has 3 rings (SSSR count). The molecule has 0 amide bonds. The van der Waals surface area contributed by atoms with Gasteiger partial charge in [-0.1, -0.05) is 41.9 Å². The van der Waals surface area contributed by atoms with Crippen LogP contribution in [0.4, 0.5) is 0 Å². The lowest BCUT2D eigenvalue weighted by Crippen LogP contribution is -2.08. The number of fused-ring (bicyclic) bond motifs is 1. The third-order valence-corrected chi connectivity index (χ3v) is 4.70. The van der Waals surface area contributed by atoms with Gasteiger partial charge >= 0.3 is 0 Å². The van der Waals surface area contributed by atoms with Gasteiger partial charge < -0.3 is 9.15 Å². The summed E-state index contributed by atoms with van der Waals surface area (Å²) < 4.78 is 11.7. The van der Waals surface area contributed by atoms with Gasteiger partial charge in [-0.3, -0.25) is 9.59 Å². The first-order valence-corrected chi connectivity index (χ1v) is 8.54. The first-order chi connectivity index (χ1) is 11.5. The van der Waals surface area contributed by atoms with Crippen molar-refractivity contribution < 1.29 is 13.9 Å². The Bertz CT molecular complexity index is 980. The molecule has 0 saturated heterocycles. The SMILES string of the molecule is COc1c(I)cc2c(=O)cc(CC(=O)c3ccccc3)oc2c1Cl. The van der Waals surface area contributed by atoms with E-state index in [0.29, 0.717) is 20.3 Å². The second-order valence-corrected chi connectivity index (χ2v) is 6.67. The van der Waals surface area contributed by atoms with Gasteiger partial charge in [-0.15, -0.1) is 0 Å². The summed E-state index contributed by atoms with van der Waals surface area (Å²) in [5, 5.41) is 0.589. The van der Waals surface area contributed by atoms with Gasteiger partial charge in [0.2, 0.25) is 0 Å². The molecule has 4 nitrogen and oxygen atoms in total. The van der Waals surface area contributed by atoms with Crippen LogP contribution in [0.25, 0.3) is 11.0 Å². The first kappa shape index (κ1) is 17.0. The molecule has 0 spiro atoms. The number of Topliss-reactive ketones (excluding diaryl/α,β-unsaturated/α-hetero) is 1. The van der Waals surface area contributed by atoms with Crippen LogP contribution in [0.5, 0.6) is 5.75 Å². The molecule has 0 fully saturated rings. The van der Waals surface area contributed by atoms with Crippen molar-refractivity contribution in [1.29, 1.82) is 0 Å². The lowest BCUT2D eigenvalue weighted by molar-refractivity contribution is 0.0987. The first-order valence-electron chi connectivity index (χ1n) is 7.08. The average molecular weight is 455 g/mol. The maximum absolute atomic E-state index is 12.3. The third kappa shape index (κ3) is 3.18. The topological polar surface area (TPSA) is 56.5 Å². The van der Waals surface area contributed by atoms with E-state index in [1.807, 2.05) is 28.7 Å². The molecule has 1 aromatic heterocycles. The van der Waals surface area contributed by atoms with Crippen LogP contribution in [-0.2, 0) is 6.42 Å². The van der Waals surface area contributed by atoms with Gasteiger partial charge in [0.1, 0.15) is 10.8 Å². The van der Waals surface area contributed by atoms with Crippen molar-refractivity contribution in [2.45, 2.75) is 6.42 Å². The van der Waals surface area contributed by atoms with Crippen molar-refractivity contribution >= 4 is 50.9 Å². The quantitative estimate of drug-likeness (QED) is 0.431. The summed E-state index contributed by atoms with van der Waals surface area (Å²) in [7, 11) is 1.50. The summed E-state index contributed by atoms with van der Waals surface area (Å²) in [6, 6.07) is 11.8. The molecule has 0 aliphatic rings. The Morgan fingerprint density at radius 2 is 1.96 bits per heavy atom. The number of rotatable bonds is 4. The van der Waals surface area contributed by atoms with Crippen LogP contribution in [0, 0.1) is 3.57 Å². The number of methoxy groups -OCH3 is 1. The smallest absolute Gasteiger partial charge is 0.193 e. The van der Waals surface area contributed by atoms with Crippen LogP contribution in [0.2, 0.25) is 5.02 Å². The number of ether oxygens (including phenoxy) is 1. The number of benzene rings is 2. The monoisotopic (exact) mass is 454 g/mol. The highest BCUT2D eigenvalue weighted by Gasteiger charge is 2.17. The largest absolute Gasteiger partial charge is 0.494 e. The fourth-order valence-electron chi connectivity index (χ4n) is 2.41. The second-order valence-electron chi connectivity index (χ2n) is 5.13. The number of halogens is 2. The Labute approximate surface area is 156 Å². The highest BCUT2D eigenvalue weighted by molar-refractivity contribution is 14.1. The molecule has 2 aromatic carbocycles. The lowest BCUT2D eigenvalue weighted by atomic mass is 10.1. The molecule has 0 aliphatic carbocycles. The van der Waals surface area contributed by atoms with Crippen molar-refractivity contribution in [2.24, 2.45) is 0 Å². The van der Waals surface area contributed by atoms with Crippen LogP contribution in [0.1, 0.15) is 16.1 Å². The molecule has 0 radical (unpaired) electrons. The van der Waals surface area contributed by atoms with E-state index in [1.54, 1.807) is 30.3 Å². The number of carbonyl (C=O) groups excluding carboxylic acids is 1. The molecule has 0 N–H and O–H groups in total. The summed E-state index contributed by atoms with van der Waals surface area (Å²) in [6.45, 7) is 0. The molecule has 0 bridgehead atoms. The third-order valence-electron chi connectivity index (χ3n) is 3.56. The summed E-state index contributed by atoms with van der Waals surface area (Å²) >= 11 is 8.34. The van der Waals surface area contributed by atoms with Gasteiger partial charge in [-0.05, 0) is 28.7 Å². The van der Waals surface area contributed by atoms with Crippen molar-refractivity contribution in [3.8, 4) is 5.75 Å². The highest BCUT2D eigenvalue weighted by atomic mass is 127. The van der Waals surface area contributed by atoms with E-state index in [1.165, 1.54) is 13.2 Å².